The molecule has 0 aliphatic rings. The first-order chi connectivity index (χ1) is 12.7. The molecule has 0 saturated heterocycles. The van der Waals surface area contributed by atoms with Crippen molar-refractivity contribution in [1.82, 2.24) is 10.6 Å². The number of hydrogen-bond donors (Lipinski definition) is 2. The highest BCUT2D eigenvalue weighted by Crippen LogP contribution is 2.11. The largest absolute Gasteiger partial charge is 0.497 e. The third-order valence-electron chi connectivity index (χ3n) is 3.78. The minimum atomic E-state index is -0.231. The lowest BCUT2D eigenvalue weighted by molar-refractivity contribution is 0.119. The zero-order valence-electron chi connectivity index (χ0n) is 15.3. The Labute approximate surface area is 154 Å². The lowest BCUT2D eigenvalue weighted by Crippen LogP contribution is -2.37. The topological polar surface area (TPSA) is 54.9 Å². The number of hydrogen-bond acceptors (Lipinski definition) is 3. The van der Waals surface area contributed by atoms with Crippen LogP contribution in [0, 0.1) is 5.82 Å². The van der Waals surface area contributed by atoms with Crippen molar-refractivity contribution in [2.45, 2.75) is 19.6 Å². The first-order valence-electron chi connectivity index (χ1n) is 8.61. The molecule has 0 amide bonds. The maximum Gasteiger partial charge on any atom is 0.191 e. The zero-order valence-corrected chi connectivity index (χ0v) is 15.3. The number of halogens is 1. The minimum absolute atomic E-state index is 0.231. The molecule has 0 aliphatic carbocycles. The highest BCUT2D eigenvalue weighted by molar-refractivity contribution is 5.79. The van der Waals surface area contributed by atoms with Gasteiger partial charge in [-0.25, -0.2) is 4.39 Å². The highest BCUT2D eigenvalue weighted by Gasteiger charge is 1.99. The molecule has 140 valence electrons. The van der Waals surface area contributed by atoms with Gasteiger partial charge in [-0.15, -0.1) is 0 Å². The summed E-state index contributed by atoms with van der Waals surface area (Å²) in [5.41, 5.74) is 2.12. The number of nitrogens with zero attached hydrogens (tertiary/aromatic N) is 1. The van der Waals surface area contributed by atoms with Crippen molar-refractivity contribution in [3.8, 4) is 5.75 Å². The third kappa shape index (κ3) is 7.11. The van der Waals surface area contributed by atoms with Crippen LogP contribution in [-0.2, 0) is 17.9 Å². The molecule has 0 spiro atoms. The number of guanidine groups is 1. The van der Waals surface area contributed by atoms with Gasteiger partial charge in [-0.1, -0.05) is 24.3 Å². The third-order valence-corrected chi connectivity index (χ3v) is 3.78. The van der Waals surface area contributed by atoms with Gasteiger partial charge in [-0.2, -0.15) is 0 Å². The van der Waals surface area contributed by atoms with Crippen molar-refractivity contribution in [1.29, 1.82) is 0 Å². The Morgan fingerprint density at radius 2 is 1.69 bits per heavy atom. The summed E-state index contributed by atoms with van der Waals surface area (Å²) in [5.74, 6) is 1.33. The molecule has 0 unspecified atom stereocenters. The van der Waals surface area contributed by atoms with E-state index in [-0.39, 0.29) is 5.82 Å². The van der Waals surface area contributed by atoms with Crippen molar-refractivity contribution in [3.05, 3.63) is 65.5 Å². The lowest BCUT2D eigenvalue weighted by atomic mass is 10.2. The van der Waals surface area contributed by atoms with E-state index in [2.05, 4.69) is 15.6 Å². The summed E-state index contributed by atoms with van der Waals surface area (Å²) in [6, 6.07) is 14.3. The van der Waals surface area contributed by atoms with Crippen LogP contribution in [-0.4, -0.2) is 33.3 Å². The molecule has 0 aromatic heterocycles. The van der Waals surface area contributed by atoms with Crippen LogP contribution in [0.5, 0.6) is 5.75 Å². The molecule has 2 N–H and O–H groups in total. The van der Waals surface area contributed by atoms with Crippen LogP contribution in [0.25, 0.3) is 0 Å². The van der Waals surface area contributed by atoms with Crippen LogP contribution in [0.3, 0.4) is 0 Å². The standard InChI is InChI=1S/C20H26FN3O2/c1-22-20(24-14-16-4-8-18(21)9-5-16)23-12-3-13-26-15-17-6-10-19(25-2)11-7-17/h4-11H,3,12-15H2,1-2H3,(H2,22,23,24). The first kappa shape index (κ1) is 19.7. The Morgan fingerprint density at radius 3 is 2.35 bits per heavy atom. The summed E-state index contributed by atoms with van der Waals surface area (Å²) in [6.45, 7) is 2.59. The van der Waals surface area contributed by atoms with Crippen molar-refractivity contribution in [3.63, 3.8) is 0 Å². The van der Waals surface area contributed by atoms with E-state index in [1.54, 1.807) is 26.3 Å². The SMILES string of the molecule is CN=C(NCCCOCc1ccc(OC)cc1)NCc1ccc(F)cc1. The van der Waals surface area contributed by atoms with Gasteiger partial charge in [-0.05, 0) is 41.8 Å². The summed E-state index contributed by atoms with van der Waals surface area (Å²) in [5, 5.41) is 6.43. The average Bonchev–Trinajstić information content (AvgIpc) is 2.68. The number of ether oxygens (including phenoxy) is 2. The van der Waals surface area contributed by atoms with E-state index in [0.29, 0.717) is 25.7 Å². The first-order valence-corrected chi connectivity index (χ1v) is 8.61. The summed E-state index contributed by atoms with van der Waals surface area (Å²) < 4.78 is 23.7. The number of benzene rings is 2. The van der Waals surface area contributed by atoms with E-state index in [1.807, 2.05) is 24.3 Å². The van der Waals surface area contributed by atoms with Crippen molar-refractivity contribution < 1.29 is 13.9 Å². The normalized spacial score (nSPS) is 11.3. The Morgan fingerprint density at radius 1 is 1.00 bits per heavy atom. The van der Waals surface area contributed by atoms with Gasteiger partial charge in [0.05, 0.1) is 13.7 Å². The number of aliphatic imine (C=N–C) groups is 1. The molecule has 0 fully saturated rings. The smallest absolute Gasteiger partial charge is 0.191 e. The van der Waals surface area contributed by atoms with E-state index in [9.17, 15) is 4.39 Å². The summed E-state index contributed by atoms with van der Waals surface area (Å²) in [4.78, 5) is 4.17. The highest BCUT2D eigenvalue weighted by atomic mass is 19.1. The second kappa shape index (κ2) is 11.1. The second-order valence-corrected chi connectivity index (χ2v) is 5.73. The molecule has 26 heavy (non-hydrogen) atoms. The molecule has 0 atom stereocenters. The van der Waals surface area contributed by atoms with Gasteiger partial charge in [0.15, 0.2) is 5.96 Å². The number of methoxy groups -OCH3 is 1. The lowest BCUT2D eigenvalue weighted by Gasteiger charge is -2.12. The fraction of sp³-hybridized carbons (Fsp3) is 0.350. The van der Waals surface area contributed by atoms with Crippen LogP contribution in [0.4, 0.5) is 4.39 Å². The van der Waals surface area contributed by atoms with Crippen molar-refractivity contribution in [2.75, 3.05) is 27.3 Å². The summed E-state index contributed by atoms with van der Waals surface area (Å²) in [7, 11) is 3.38. The Bertz CT molecular complexity index is 672. The van der Waals surface area contributed by atoms with Gasteiger partial charge in [-0.3, -0.25) is 4.99 Å². The summed E-state index contributed by atoms with van der Waals surface area (Å²) in [6.07, 6.45) is 0.868. The predicted molar refractivity (Wildman–Crippen MR) is 102 cm³/mol. The molecule has 6 heteroatoms. The maximum atomic E-state index is 12.9. The molecule has 0 saturated carbocycles. The number of rotatable bonds is 9. The van der Waals surface area contributed by atoms with E-state index in [0.717, 1.165) is 29.8 Å². The van der Waals surface area contributed by atoms with Crippen LogP contribution >= 0.6 is 0 Å². The monoisotopic (exact) mass is 359 g/mol. The van der Waals surface area contributed by atoms with E-state index < -0.39 is 0 Å². The fourth-order valence-electron chi connectivity index (χ4n) is 2.30. The van der Waals surface area contributed by atoms with Crippen LogP contribution in [0.2, 0.25) is 0 Å². The number of nitrogens with one attached hydrogen (secondary N) is 2. The Balaban J connectivity index is 1.57. The summed E-state index contributed by atoms with van der Waals surface area (Å²) >= 11 is 0. The van der Waals surface area contributed by atoms with Gasteiger partial charge in [0, 0.05) is 26.7 Å². The molecule has 0 aliphatic heterocycles. The molecule has 2 rings (SSSR count). The van der Waals surface area contributed by atoms with Gasteiger partial charge in [0.25, 0.3) is 0 Å². The zero-order chi connectivity index (χ0) is 18.6. The van der Waals surface area contributed by atoms with Gasteiger partial charge in [0.2, 0.25) is 0 Å². The minimum Gasteiger partial charge on any atom is -0.497 e. The molecular weight excluding hydrogens is 333 g/mol. The van der Waals surface area contributed by atoms with Crippen LogP contribution in [0.15, 0.2) is 53.5 Å². The molecule has 0 heterocycles. The maximum absolute atomic E-state index is 12.9. The van der Waals surface area contributed by atoms with E-state index in [1.165, 1.54) is 12.1 Å². The molecule has 5 nitrogen and oxygen atoms in total. The second-order valence-electron chi connectivity index (χ2n) is 5.73. The predicted octanol–water partition coefficient (Wildman–Crippen LogP) is 3.11. The molecule has 0 bridgehead atoms. The van der Waals surface area contributed by atoms with Crippen molar-refractivity contribution >= 4 is 5.96 Å². The average molecular weight is 359 g/mol. The Hall–Kier alpha value is -2.60. The van der Waals surface area contributed by atoms with E-state index in [4.69, 9.17) is 9.47 Å². The molecule has 2 aromatic rings. The molecule has 0 radical (unpaired) electrons. The molecule has 2 aromatic carbocycles. The van der Waals surface area contributed by atoms with Gasteiger partial charge >= 0.3 is 0 Å². The Kier molecular flexibility index (Phi) is 8.42. The fourth-order valence-corrected chi connectivity index (χ4v) is 2.30. The van der Waals surface area contributed by atoms with Gasteiger partial charge in [0.1, 0.15) is 11.6 Å². The van der Waals surface area contributed by atoms with Gasteiger partial charge < -0.3 is 20.1 Å². The molecular formula is C20H26FN3O2. The van der Waals surface area contributed by atoms with Crippen molar-refractivity contribution in [2.24, 2.45) is 4.99 Å². The van der Waals surface area contributed by atoms with E-state index >= 15 is 0 Å². The quantitative estimate of drug-likeness (QED) is 0.410. The van der Waals surface area contributed by atoms with Crippen LogP contribution < -0.4 is 15.4 Å². The van der Waals surface area contributed by atoms with Crippen LogP contribution in [0.1, 0.15) is 17.5 Å².